The summed E-state index contributed by atoms with van der Waals surface area (Å²) in [6.45, 7) is 6.06. The van der Waals surface area contributed by atoms with Gasteiger partial charge in [-0.3, -0.25) is 19.4 Å². The van der Waals surface area contributed by atoms with Gasteiger partial charge < -0.3 is 5.32 Å². The van der Waals surface area contributed by atoms with Crippen LogP contribution in [0.25, 0.3) is 10.2 Å². The van der Waals surface area contributed by atoms with E-state index in [1.165, 1.54) is 16.2 Å². The van der Waals surface area contributed by atoms with Gasteiger partial charge in [0.25, 0.3) is 11.8 Å². The predicted molar refractivity (Wildman–Crippen MR) is 138 cm³/mol. The number of amides is 4. The number of benzene rings is 2. The number of anilines is 2. The number of carbonyl (C=O) groups excluding carboxylic acids is 3. The van der Waals surface area contributed by atoms with Crippen molar-refractivity contribution >= 4 is 50.2 Å². The lowest BCUT2D eigenvalue weighted by molar-refractivity contribution is -0.135. The maximum atomic E-state index is 13.7. The minimum atomic E-state index is -0.872. The number of carbonyl (C=O) groups is 3. The zero-order valence-electron chi connectivity index (χ0n) is 20.3. The van der Waals surface area contributed by atoms with Crippen molar-refractivity contribution in [3.8, 4) is 0 Å². The Morgan fingerprint density at radius 3 is 2.49 bits per heavy atom. The Morgan fingerprint density at radius 2 is 1.83 bits per heavy atom. The highest BCUT2D eigenvalue weighted by atomic mass is 32.1. The van der Waals surface area contributed by atoms with E-state index in [1.807, 2.05) is 48.5 Å². The van der Waals surface area contributed by atoms with Gasteiger partial charge in [-0.05, 0) is 67.3 Å². The topological polar surface area (TPSA) is 82.6 Å². The summed E-state index contributed by atoms with van der Waals surface area (Å²) in [6, 6.07) is 15.0. The molecule has 0 atom stereocenters. The average molecular weight is 491 g/mol. The SMILES string of the molecule is CC1CCC2(CC1)NC(=O)N(CC(=O)N(c1ccc(C(C)C)cc1)c1nc3ccccc3s1)C2=O. The average Bonchev–Trinajstić information content (AvgIpc) is 3.36. The minimum absolute atomic E-state index is 0.290. The van der Waals surface area contributed by atoms with Gasteiger partial charge in [0.05, 0.1) is 15.9 Å². The third kappa shape index (κ3) is 4.31. The monoisotopic (exact) mass is 490 g/mol. The number of hydrogen-bond acceptors (Lipinski definition) is 5. The second-order valence-electron chi connectivity index (χ2n) is 10.0. The van der Waals surface area contributed by atoms with Crippen LogP contribution in [0.15, 0.2) is 48.5 Å². The Balaban J connectivity index is 1.46. The summed E-state index contributed by atoms with van der Waals surface area (Å²) in [5, 5.41) is 3.42. The van der Waals surface area contributed by atoms with E-state index in [1.54, 1.807) is 0 Å². The van der Waals surface area contributed by atoms with Gasteiger partial charge >= 0.3 is 6.03 Å². The van der Waals surface area contributed by atoms with E-state index < -0.39 is 11.6 Å². The lowest BCUT2D eigenvalue weighted by Gasteiger charge is -2.33. The molecule has 1 aliphatic carbocycles. The van der Waals surface area contributed by atoms with Gasteiger partial charge in [0.1, 0.15) is 12.1 Å². The summed E-state index contributed by atoms with van der Waals surface area (Å²) in [5.74, 6) is 0.230. The maximum Gasteiger partial charge on any atom is 0.325 e. The van der Waals surface area contributed by atoms with Gasteiger partial charge in [0, 0.05) is 0 Å². The molecule has 35 heavy (non-hydrogen) atoms. The van der Waals surface area contributed by atoms with Crippen LogP contribution in [-0.4, -0.2) is 39.8 Å². The molecule has 0 bridgehead atoms. The third-order valence-corrected chi connectivity index (χ3v) is 8.23. The van der Waals surface area contributed by atoms with Gasteiger partial charge in [-0.15, -0.1) is 0 Å². The molecule has 1 aliphatic heterocycles. The van der Waals surface area contributed by atoms with Gasteiger partial charge in [0.2, 0.25) is 0 Å². The number of hydrogen-bond donors (Lipinski definition) is 1. The zero-order chi connectivity index (χ0) is 24.7. The number of thiazole rings is 1. The molecule has 1 aromatic heterocycles. The lowest BCUT2D eigenvalue weighted by atomic mass is 9.77. The molecule has 2 aliphatic rings. The Kier molecular flexibility index (Phi) is 6.09. The first kappa shape index (κ1) is 23.5. The fourth-order valence-electron chi connectivity index (χ4n) is 4.94. The molecule has 5 rings (SSSR count). The van der Waals surface area contributed by atoms with Crippen LogP contribution >= 0.6 is 11.3 Å². The molecule has 0 radical (unpaired) electrons. The molecular weight excluding hydrogens is 460 g/mol. The van der Waals surface area contributed by atoms with Crippen molar-refractivity contribution in [1.82, 2.24) is 15.2 Å². The normalized spacial score (nSPS) is 22.3. The molecule has 2 aromatic carbocycles. The lowest BCUT2D eigenvalue weighted by Crippen LogP contribution is -2.50. The summed E-state index contributed by atoms with van der Waals surface area (Å²) in [4.78, 5) is 47.2. The summed E-state index contributed by atoms with van der Waals surface area (Å²) >= 11 is 1.41. The van der Waals surface area contributed by atoms with E-state index in [0.29, 0.717) is 35.5 Å². The molecule has 1 spiro atoms. The van der Waals surface area contributed by atoms with Gasteiger partial charge in [-0.1, -0.05) is 56.4 Å². The van der Waals surface area contributed by atoms with E-state index in [9.17, 15) is 14.4 Å². The number of imide groups is 1. The van der Waals surface area contributed by atoms with Crippen LogP contribution in [0.3, 0.4) is 0 Å². The Hall–Kier alpha value is -3.26. The van der Waals surface area contributed by atoms with Crippen molar-refractivity contribution in [2.45, 2.75) is 57.9 Å². The van der Waals surface area contributed by atoms with Crippen molar-refractivity contribution in [2.24, 2.45) is 5.92 Å². The summed E-state index contributed by atoms with van der Waals surface area (Å²) in [5.41, 5.74) is 1.75. The molecule has 0 unspecified atom stereocenters. The molecule has 1 saturated carbocycles. The highest BCUT2D eigenvalue weighted by molar-refractivity contribution is 7.22. The standard InChI is InChI=1S/C27H30N4O3S/c1-17(2)19-8-10-20(11-9-19)31(26-28-21-6-4-5-7-22(21)35-26)23(32)16-30-24(33)27(29-25(30)34)14-12-18(3)13-15-27/h4-11,17-18H,12-16H2,1-3H3,(H,29,34). The number of nitrogens with one attached hydrogen (secondary N) is 1. The Morgan fingerprint density at radius 1 is 1.14 bits per heavy atom. The number of para-hydroxylation sites is 1. The third-order valence-electron chi connectivity index (χ3n) is 7.21. The Labute approximate surface area is 209 Å². The van der Waals surface area contributed by atoms with Crippen LogP contribution in [-0.2, 0) is 9.59 Å². The molecule has 4 amide bonds. The molecule has 1 N–H and O–H groups in total. The van der Waals surface area contributed by atoms with E-state index in [0.717, 1.165) is 33.5 Å². The first-order valence-electron chi connectivity index (χ1n) is 12.2. The molecule has 8 heteroatoms. The highest BCUT2D eigenvalue weighted by Crippen LogP contribution is 2.37. The number of rotatable bonds is 5. The van der Waals surface area contributed by atoms with Crippen molar-refractivity contribution in [3.63, 3.8) is 0 Å². The van der Waals surface area contributed by atoms with Crippen molar-refractivity contribution in [1.29, 1.82) is 0 Å². The fraction of sp³-hybridized carbons (Fsp3) is 0.407. The van der Waals surface area contributed by atoms with E-state index in [-0.39, 0.29) is 18.4 Å². The zero-order valence-corrected chi connectivity index (χ0v) is 21.1. The fourth-order valence-corrected chi connectivity index (χ4v) is 5.95. The smallest absolute Gasteiger partial charge is 0.323 e. The van der Waals surface area contributed by atoms with Crippen LogP contribution < -0.4 is 10.2 Å². The van der Waals surface area contributed by atoms with Crippen molar-refractivity contribution in [2.75, 3.05) is 11.4 Å². The minimum Gasteiger partial charge on any atom is -0.323 e. The number of aromatic nitrogens is 1. The highest BCUT2D eigenvalue weighted by Gasteiger charge is 2.52. The molecule has 7 nitrogen and oxygen atoms in total. The largest absolute Gasteiger partial charge is 0.325 e. The number of fused-ring (bicyclic) bond motifs is 1. The van der Waals surface area contributed by atoms with E-state index in [2.05, 4.69) is 26.1 Å². The molecule has 2 heterocycles. The van der Waals surface area contributed by atoms with Crippen molar-refractivity contribution < 1.29 is 14.4 Å². The van der Waals surface area contributed by atoms with Crippen LogP contribution in [0.1, 0.15) is 57.9 Å². The molecular formula is C27H30N4O3S. The van der Waals surface area contributed by atoms with Crippen LogP contribution in [0.5, 0.6) is 0 Å². The van der Waals surface area contributed by atoms with Gasteiger partial charge in [0.15, 0.2) is 5.13 Å². The first-order chi connectivity index (χ1) is 16.8. The van der Waals surface area contributed by atoms with Gasteiger partial charge in [-0.25, -0.2) is 9.78 Å². The summed E-state index contributed by atoms with van der Waals surface area (Å²) in [6.07, 6.45) is 2.99. The second-order valence-corrected chi connectivity index (χ2v) is 11.0. The molecule has 182 valence electrons. The molecule has 3 aromatic rings. The van der Waals surface area contributed by atoms with Crippen LogP contribution in [0, 0.1) is 5.92 Å². The number of urea groups is 1. The van der Waals surface area contributed by atoms with Gasteiger partial charge in [-0.2, -0.15) is 0 Å². The number of nitrogens with zero attached hydrogens (tertiary/aromatic N) is 3. The summed E-state index contributed by atoms with van der Waals surface area (Å²) in [7, 11) is 0. The quantitative estimate of drug-likeness (QED) is 0.473. The van der Waals surface area contributed by atoms with Crippen LogP contribution in [0.4, 0.5) is 15.6 Å². The van der Waals surface area contributed by atoms with Crippen molar-refractivity contribution in [3.05, 3.63) is 54.1 Å². The first-order valence-corrected chi connectivity index (χ1v) is 13.0. The predicted octanol–water partition coefficient (Wildman–Crippen LogP) is 5.59. The summed E-state index contributed by atoms with van der Waals surface area (Å²) < 4.78 is 0.962. The molecule has 2 fully saturated rings. The molecule has 1 saturated heterocycles. The second kappa shape index (κ2) is 9.07. The Bertz CT molecular complexity index is 1240. The van der Waals surface area contributed by atoms with Crippen LogP contribution in [0.2, 0.25) is 0 Å². The van der Waals surface area contributed by atoms with E-state index in [4.69, 9.17) is 4.98 Å². The maximum absolute atomic E-state index is 13.7. The van der Waals surface area contributed by atoms with E-state index >= 15 is 0 Å².